The summed E-state index contributed by atoms with van der Waals surface area (Å²) in [5, 5.41) is 2.25. The van der Waals surface area contributed by atoms with Crippen LogP contribution in [0.5, 0.6) is 0 Å². The summed E-state index contributed by atoms with van der Waals surface area (Å²) in [4.78, 5) is 35.1. The minimum absolute atomic E-state index is 0.0947. The Morgan fingerprint density at radius 2 is 1.85 bits per heavy atom. The molecule has 1 aliphatic rings. The van der Waals surface area contributed by atoms with Gasteiger partial charge in [-0.15, -0.1) is 0 Å². The second-order valence-electron chi connectivity index (χ2n) is 4.96. The van der Waals surface area contributed by atoms with Crippen LogP contribution in [-0.2, 0) is 9.59 Å². The number of aromatic nitrogens is 2. The molecule has 0 unspecified atom stereocenters. The molecule has 7 heteroatoms. The van der Waals surface area contributed by atoms with E-state index in [1.807, 2.05) is 33.1 Å². The highest BCUT2D eigenvalue weighted by atomic mass is 16.2. The van der Waals surface area contributed by atoms with Gasteiger partial charge < -0.3 is 9.80 Å². The van der Waals surface area contributed by atoms with Gasteiger partial charge in [0, 0.05) is 39.8 Å². The number of hydrogen-bond donors (Lipinski definition) is 1. The summed E-state index contributed by atoms with van der Waals surface area (Å²) < 4.78 is 0. The number of carbonyl (C=O) groups excluding carboxylic acids is 2. The summed E-state index contributed by atoms with van der Waals surface area (Å²) in [6.45, 7) is 0. The maximum atomic E-state index is 11.6. The van der Waals surface area contributed by atoms with E-state index >= 15 is 0 Å². The Morgan fingerprint density at radius 3 is 2.35 bits per heavy atom. The molecule has 2 rings (SSSR count). The van der Waals surface area contributed by atoms with Gasteiger partial charge in [-0.05, 0) is 6.08 Å². The lowest BCUT2D eigenvalue weighted by molar-refractivity contribution is -0.124. The summed E-state index contributed by atoms with van der Waals surface area (Å²) in [6.07, 6.45) is 1.72. The van der Waals surface area contributed by atoms with Gasteiger partial charge in [0.05, 0.1) is 12.1 Å². The smallest absolute Gasteiger partial charge is 0.254 e. The Bertz CT molecular complexity index is 566. The molecule has 0 bridgehead atoms. The Kier molecular flexibility index (Phi) is 3.69. The molecule has 0 aromatic carbocycles. The van der Waals surface area contributed by atoms with Gasteiger partial charge in [-0.3, -0.25) is 14.9 Å². The second-order valence-corrected chi connectivity index (χ2v) is 4.96. The zero-order valence-corrected chi connectivity index (χ0v) is 12.0. The van der Waals surface area contributed by atoms with E-state index < -0.39 is 0 Å². The van der Waals surface area contributed by atoms with Crippen molar-refractivity contribution >= 4 is 29.7 Å². The van der Waals surface area contributed by atoms with Gasteiger partial charge in [0.15, 0.2) is 0 Å². The number of rotatable bonds is 3. The summed E-state index contributed by atoms with van der Waals surface area (Å²) in [7, 11) is 7.45. The fraction of sp³-hybridized carbons (Fsp3) is 0.385. The standard InChI is InChI=1S/C13H17N5O2/c1-17(2)10-7-9(14-13(15-10)18(3)4)5-8-6-11(19)16-12(8)20/h5,7H,6H2,1-4H3,(H,16,19,20)/b8-5+. The van der Waals surface area contributed by atoms with Crippen molar-refractivity contribution in [3.63, 3.8) is 0 Å². The van der Waals surface area contributed by atoms with Gasteiger partial charge in [-0.2, -0.15) is 4.98 Å². The van der Waals surface area contributed by atoms with Crippen LogP contribution in [0.4, 0.5) is 11.8 Å². The van der Waals surface area contributed by atoms with E-state index in [-0.39, 0.29) is 18.2 Å². The summed E-state index contributed by atoms with van der Waals surface area (Å²) >= 11 is 0. The predicted molar refractivity (Wildman–Crippen MR) is 76.4 cm³/mol. The zero-order valence-electron chi connectivity index (χ0n) is 12.0. The van der Waals surface area contributed by atoms with Crippen LogP contribution in [0, 0.1) is 0 Å². The first-order valence-electron chi connectivity index (χ1n) is 6.15. The minimum Gasteiger partial charge on any atom is -0.363 e. The molecule has 1 aliphatic heterocycles. The Morgan fingerprint density at radius 1 is 1.15 bits per heavy atom. The Hall–Kier alpha value is -2.44. The molecule has 2 heterocycles. The van der Waals surface area contributed by atoms with Crippen LogP contribution in [-0.4, -0.2) is 50.0 Å². The monoisotopic (exact) mass is 275 g/mol. The second kappa shape index (κ2) is 5.28. The van der Waals surface area contributed by atoms with E-state index in [9.17, 15) is 9.59 Å². The number of nitrogens with one attached hydrogen (secondary N) is 1. The van der Waals surface area contributed by atoms with E-state index in [0.717, 1.165) is 5.82 Å². The average molecular weight is 275 g/mol. The van der Waals surface area contributed by atoms with Gasteiger partial charge in [0.1, 0.15) is 5.82 Å². The predicted octanol–water partition coefficient (Wildman–Crippen LogP) is 0.0385. The normalized spacial score (nSPS) is 16.5. The van der Waals surface area contributed by atoms with Crippen LogP contribution >= 0.6 is 0 Å². The van der Waals surface area contributed by atoms with Crippen molar-refractivity contribution < 1.29 is 9.59 Å². The number of imide groups is 1. The third-order valence-electron chi connectivity index (χ3n) is 2.80. The van der Waals surface area contributed by atoms with Crippen molar-refractivity contribution in [2.45, 2.75) is 6.42 Å². The highest BCUT2D eigenvalue weighted by Crippen LogP contribution is 2.19. The number of amides is 2. The molecule has 1 N–H and O–H groups in total. The van der Waals surface area contributed by atoms with E-state index in [1.165, 1.54) is 0 Å². The molecule has 0 saturated carbocycles. The van der Waals surface area contributed by atoms with Gasteiger partial charge in [-0.1, -0.05) is 0 Å². The molecular formula is C13H17N5O2. The highest BCUT2D eigenvalue weighted by molar-refractivity contribution is 6.15. The fourth-order valence-electron chi connectivity index (χ4n) is 1.74. The largest absolute Gasteiger partial charge is 0.363 e. The molecule has 1 aromatic rings. The molecule has 1 fully saturated rings. The molecule has 0 spiro atoms. The average Bonchev–Trinajstić information content (AvgIpc) is 2.67. The first kappa shape index (κ1) is 14.0. The molecule has 0 atom stereocenters. The van der Waals surface area contributed by atoms with Crippen LogP contribution in [0.1, 0.15) is 12.1 Å². The highest BCUT2D eigenvalue weighted by Gasteiger charge is 2.24. The minimum atomic E-state index is -0.355. The van der Waals surface area contributed by atoms with Gasteiger partial charge >= 0.3 is 0 Å². The molecule has 2 amide bonds. The van der Waals surface area contributed by atoms with E-state index in [4.69, 9.17) is 0 Å². The first-order valence-corrected chi connectivity index (χ1v) is 6.15. The van der Waals surface area contributed by atoms with Crippen molar-refractivity contribution in [2.75, 3.05) is 38.0 Å². The molecule has 0 aliphatic carbocycles. The van der Waals surface area contributed by atoms with Crippen LogP contribution in [0.2, 0.25) is 0 Å². The Labute approximate surface area is 117 Å². The summed E-state index contributed by atoms with van der Waals surface area (Å²) in [5.41, 5.74) is 1.02. The van der Waals surface area contributed by atoms with Crippen LogP contribution in [0.25, 0.3) is 6.08 Å². The maximum absolute atomic E-state index is 11.6. The number of nitrogens with zero attached hydrogens (tertiary/aromatic N) is 4. The molecule has 106 valence electrons. The van der Waals surface area contributed by atoms with Crippen molar-refractivity contribution in [2.24, 2.45) is 0 Å². The van der Waals surface area contributed by atoms with E-state index in [0.29, 0.717) is 17.2 Å². The van der Waals surface area contributed by atoms with Crippen LogP contribution in [0.3, 0.4) is 0 Å². The molecule has 1 saturated heterocycles. The number of carbonyl (C=O) groups is 2. The van der Waals surface area contributed by atoms with Crippen molar-refractivity contribution in [1.82, 2.24) is 15.3 Å². The molecular weight excluding hydrogens is 258 g/mol. The summed E-state index contributed by atoms with van der Waals surface area (Å²) in [5.74, 6) is 0.649. The lowest BCUT2D eigenvalue weighted by atomic mass is 10.2. The lowest BCUT2D eigenvalue weighted by Crippen LogP contribution is -2.19. The topological polar surface area (TPSA) is 78.4 Å². The van der Waals surface area contributed by atoms with Crippen LogP contribution < -0.4 is 15.1 Å². The van der Waals surface area contributed by atoms with E-state index in [1.54, 1.807) is 17.0 Å². The van der Waals surface area contributed by atoms with Gasteiger partial charge in [0.25, 0.3) is 5.91 Å². The SMILES string of the molecule is CN(C)c1cc(/C=C2\CC(=O)NC2=O)nc(N(C)C)n1. The molecule has 0 radical (unpaired) electrons. The fourth-order valence-corrected chi connectivity index (χ4v) is 1.74. The lowest BCUT2D eigenvalue weighted by Gasteiger charge is -2.16. The summed E-state index contributed by atoms with van der Waals surface area (Å²) in [6, 6.07) is 1.77. The Balaban J connectivity index is 2.43. The van der Waals surface area contributed by atoms with Crippen molar-refractivity contribution in [3.05, 3.63) is 17.3 Å². The van der Waals surface area contributed by atoms with Crippen molar-refractivity contribution in [1.29, 1.82) is 0 Å². The van der Waals surface area contributed by atoms with Crippen molar-refractivity contribution in [3.8, 4) is 0 Å². The maximum Gasteiger partial charge on any atom is 0.254 e. The molecule has 20 heavy (non-hydrogen) atoms. The first-order chi connectivity index (χ1) is 9.36. The van der Waals surface area contributed by atoms with Gasteiger partial charge in [-0.25, -0.2) is 4.98 Å². The van der Waals surface area contributed by atoms with Crippen LogP contribution in [0.15, 0.2) is 11.6 Å². The third-order valence-corrected chi connectivity index (χ3v) is 2.80. The quantitative estimate of drug-likeness (QED) is 0.620. The number of anilines is 2. The zero-order chi connectivity index (χ0) is 14.9. The van der Waals surface area contributed by atoms with Gasteiger partial charge in [0.2, 0.25) is 11.9 Å². The van der Waals surface area contributed by atoms with E-state index in [2.05, 4.69) is 15.3 Å². The third kappa shape index (κ3) is 2.93. The number of hydrogen-bond acceptors (Lipinski definition) is 6. The molecule has 7 nitrogen and oxygen atoms in total. The molecule has 1 aromatic heterocycles.